The zero-order valence-corrected chi connectivity index (χ0v) is 14.7. The van der Waals surface area contributed by atoms with Gasteiger partial charge < -0.3 is 10.6 Å². The fraction of sp³-hybridized carbons (Fsp3) is 0.300. The van der Waals surface area contributed by atoms with E-state index in [9.17, 15) is 9.59 Å². The average molecular weight is 357 g/mol. The number of carbonyl (C=O) groups excluding carboxylic acids is 2. The summed E-state index contributed by atoms with van der Waals surface area (Å²) in [6, 6.07) is 15.0. The molecule has 130 valence electrons. The molecule has 0 radical (unpaired) electrons. The van der Waals surface area contributed by atoms with E-state index in [1.54, 1.807) is 24.3 Å². The molecular weight excluding hydrogens is 336 g/mol. The van der Waals surface area contributed by atoms with Gasteiger partial charge in [-0.1, -0.05) is 35.9 Å². The lowest BCUT2D eigenvalue weighted by atomic mass is 9.88. The monoisotopic (exact) mass is 356 g/mol. The molecule has 0 fully saturated rings. The summed E-state index contributed by atoms with van der Waals surface area (Å²) in [4.78, 5) is 24.2. The van der Waals surface area contributed by atoms with Crippen LogP contribution in [0, 0.1) is 0 Å². The van der Waals surface area contributed by atoms with Gasteiger partial charge in [0.1, 0.15) is 0 Å². The summed E-state index contributed by atoms with van der Waals surface area (Å²) in [6.45, 7) is 0.307. The van der Waals surface area contributed by atoms with Gasteiger partial charge in [-0.3, -0.25) is 9.59 Å². The number of benzene rings is 2. The maximum atomic E-state index is 12.2. The third-order valence-electron chi connectivity index (χ3n) is 4.45. The highest BCUT2D eigenvalue weighted by atomic mass is 35.5. The van der Waals surface area contributed by atoms with Crippen LogP contribution in [0.5, 0.6) is 0 Å². The number of rotatable bonds is 5. The van der Waals surface area contributed by atoms with Gasteiger partial charge in [0, 0.05) is 23.6 Å². The molecule has 1 atom stereocenters. The summed E-state index contributed by atoms with van der Waals surface area (Å²) in [5, 5.41) is 6.44. The number of hydrogen-bond donors (Lipinski definition) is 2. The van der Waals surface area contributed by atoms with Gasteiger partial charge in [0.2, 0.25) is 5.91 Å². The van der Waals surface area contributed by atoms with E-state index in [-0.39, 0.29) is 24.3 Å². The summed E-state index contributed by atoms with van der Waals surface area (Å²) in [5.74, 6) is -0.245. The van der Waals surface area contributed by atoms with E-state index < -0.39 is 0 Å². The second kappa shape index (κ2) is 8.17. The van der Waals surface area contributed by atoms with E-state index in [1.165, 1.54) is 11.1 Å². The quantitative estimate of drug-likeness (QED) is 0.859. The lowest BCUT2D eigenvalue weighted by Gasteiger charge is -2.26. The van der Waals surface area contributed by atoms with Crippen LogP contribution in [0.25, 0.3) is 0 Å². The normalized spacial score (nSPS) is 16.0. The number of aryl methyl sites for hydroxylation is 1. The summed E-state index contributed by atoms with van der Waals surface area (Å²) >= 11 is 5.81. The van der Waals surface area contributed by atoms with E-state index in [0.29, 0.717) is 17.1 Å². The van der Waals surface area contributed by atoms with Gasteiger partial charge in [0.25, 0.3) is 5.91 Å². The molecule has 25 heavy (non-hydrogen) atoms. The maximum Gasteiger partial charge on any atom is 0.251 e. The fourth-order valence-corrected chi connectivity index (χ4v) is 3.29. The van der Waals surface area contributed by atoms with E-state index in [1.807, 2.05) is 12.1 Å². The highest BCUT2D eigenvalue weighted by molar-refractivity contribution is 6.30. The standard InChI is InChI=1S/C20H21ClN2O2/c21-16-10-8-15(9-11-16)20(25)22-13-12-19(24)23-18-7-3-5-14-4-1-2-6-17(14)18/h1-2,4,6,8-11,18H,3,5,7,12-13H2,(H,22,25)(H,23,24)/t18-/m0/s1. The smallest absolute Gasteiger partial charge is 0.251 e. The van der Waals surface area contributed by atoms with Crippen LogP contribution in [0.1, 0.15) is 46.8 Å². The Morgan fingerprint density at radius 1 is 1.08 bits per heavy atom. The molecule has 2 aromatic rings. The number of nitrogens with one attached hydrogen (secondary N) is 2. The van der Waals surface area contributed by atoms with Crippen molar-refractivity contribution in [3.63, 3.8) is 0 Å². The number of fused-ring (bicyclic) bond motifs is 1. The minimum absolute atomic E-state index is 0.0434. The van der Waals surface area contributed by atoms with E-state index in [2.05, 4.69) is 22.8 Å². The molecule has 0 unspecified atom stereocenters. The van der Waals surface area contributed by atoms with Crippen molar-refractivity contribution in [3.8, 4) is 0 Å². The molecular formula is C20H21ClN2O2. The zero-order chi connectivity index (χ0) is 17.6. The zero-order valence-electron chi connectivity index (χ0n) is 13.9. The third-order valence-corrected chi connectivity index (χ3v) is 4.70. The molecule has 0 aliphatic heterocycles. The Morgan fingerprint density at radius 3 is 2.64 bits per heavy atom. The van der Waals surface area contributed by atoms with Crippen LogP contribution in [0.2, 0.25) is 5.02 Å². The molecule has 0 aromatic heterocycles. The lowest BCUT2D eigenvalue weighted by molar-refractivity contribution is -0.121. The van der Waals surface area contributed by atoms with Crippen LogP contribution >= 0.6 is 11.6 Å². The van der Waals surface area contributed by atoms with Crippen molar-refractivity contribution in [1.82, 2.24) is 10.6 Å². The minimum Gasteiger partial charge on any atom is -0.352 e. The maximum absolute atomic E-state index is 12.2. The summed E-state index contributed by atoms with van der Waals surface area (Å²) in [6.07, 6.45) is 3.37. The highest BCUT2D eigenvalue weighted by Crippen LogP contribution is 2.29. The highest BCUT2D eigenvalue weighted by Gasteiger charge is 2.21. The molecule has 4 nitrogen and oxygen atoms in total. The molecule has 3 rings (SSSR count). The van der Waals surface area contributed by atoms with Gasteiger partial charge in [-0.15, -0.1) is 0 Å². The van der Waals surface area contributed by atoms with Crippen molar-refractivity contribution in [3.05, 3.63) is 70.2 Å². The topological polar surface area (TPSA) is 58.2 Å². The fourth-order valence-electron chi connectivity index (χ4n) is 3.16. The Hall–Kier alpha value is -2.33. The molecule has 0 bridgehead atoms. The Morgan fingerprint density at radius 2 is 1.84 bits per heavy atom. The van der Waals surface area contributed by atoms with Crippen molar-refractivity contribution in [2.45, 2.75) is 31.7 Å². The van der Waals surface area contributed by atoms with Gasteiger partial charge in [-0.25, -0.2) is 0 Å². The number of halogens is 1. The summed E-state index contributed by atoms with van der Waals surface area (Å²) < 4.78 is 0. The van der Waals surface area contributed by atoms with Crippen molar-refractivity contribution in [2.75, 3.05) is 6.54 Å². The largest absolute Gasteiger partial charge is 0.352 e. The number of amides is 2. The molecule has 0 saturated heterocycles. The Kier molecular flexibility index (Phi) is 5.71. The minimum atomic E-state index is -0.201. The summed E-state index contributed by atoms with van der Waals surface area (Å²) in [7, 11) is 0. The second-order valence-electron chi connectivity index (χ2n) is 6.22. The van der Waals surface area contributed by atoms with Gasteiger partial charge in [0.15, 0.2) is 0 Å². The van der Waals surface area contributed by atoms with Crippen LogP contribution in [-0.2, 0) is 11.2 Å². The van der Waals surface area contributed by atoms with E-state index >= 15 is 0 Å². The predicted molar refractivity (Wildman–Crippen MR) is 98.7 cm³/mol. The van der Waals surface area contributed by atoms with Gasteiger partial charge in [0.05, 0.1) is 6.04 Å². The molecule has 2 amide bonds. The van der Waals surface area contributed by atoms with Crippen molar-refractivity contribution in [1.29, 1.82) is 0 Å². The molecule has 0 spiro atoms. The molecule has 0 heterocycles. The molecule has 2 aromatic carbocycles. The predicted octanol–water partition coefficient (Wildman–Crippen LogP) is 3.65. The average Bonchev–Trinajstić information content (AvgIpc) is 2.62. The van der Waals surface area contributed by atoms with E-state index in [4.69, 9.17) is 11.6 Å². The number of hydrogen-bond acceptors (Lipinski definition) is 2. The third kappa shape index (κ3) is 4.60. The van der Waals surface area contributed by atoms with Crippen molar-refractivity contribution in [2.24, 2.45) is 0 Å². The van der Waals surface area contributed by atoms with Crippen LogP contribution < -0.4 is 10.6 Å². The van der Waals surface area contributed by atoms with E-state index in [0.717, 1.165) is 19.3 Å². The van der Waals surface area contributed by atoms with Gasteiger partial charge >= 0.3 is 0 Å². The number of carbonyl (C=O) groups is 2. The molecule has 5 heteroatoms. The van der Waals surface area contributed by atoms with Crippen molar-refractivity contribution >= 4 is 23.4 Å². The van der Waals surface area contributed by atoms with Crippen LogP contribution in [0.15, 0.2) is 48.5 Å². The first-order valence-corrected chi connectivity index (χ1v) is 8.92. The summed E-state index contributed by atoms with van der Waals surface area (Å²) in [5.41, 5.74) is 3.06. The van der Waals surface area contributed by atoms with Crippen molar-refractivity contribution < 1.29 is 9.59 Å². The first kappa shape index (κ1) is 17.5. The Bertz CT molecular complexity index is 759. The van der Waals surface area contributed by atoms with Gasteiger partial charge in [-0.05, 0) is 54.7 Å². The Balaban J connectivity index is 1.47. The van der Waals surface area contributed by atoms with Gasteiger partial charge in [-0.2, -0.15) is 0 Å². The molecule has 1 aliphatic rings. The Labute approximate surface area is 152 Å². The second-order valence-corrected chi connectivity index (χ2v) is 6.66. The lowest BCUT2D eigenvalue weighted by Crippen LogP contribution is -2.34. The first-order chi connectivity index (χ1) is 12.1. The molecule has 2 N–H and O–H groups in total. The van der Waals surface area contributed by atoms with Crippen LogP contribution in [0.4, 0.5) is 0 Å². The SMILES string of the molecule is O=C(CCNC(=O)c1ccc(Cl)cc1)N[C@H]1CCCc2ccccc21. The molecule has 0 saturated carbocycles. The molecule has 1 aliphatic carbocycles. The van der Waals surface area contributed by atoms with Crippen LogP contribution in [0.3, 0.4) is 0 Å². The van der Waals surface area contributed by atoms with Crippen LogP contribution in [-0.4, -0.2) is 18.4 Å². The first-order valence-electron chi connectivity index (χ1n) is 8.54.